The number of fused-ring (bicyclic) bond motifs is 1. The highest BCUT2D eigenvalue weighted by molar-refractivity contribution is 6.01. The molecule has 0 spiro atoms. The largest absolute Gasteiger partial charge is 0.493 e. The highest BCUT2D eigenvalue weighted by Gasteiger charge is 2.45. The summed E-state index contributed by atoms with van der Waals surface area (Å²) in [5.41, 5.74) is 0.634. The molecule has 2 heterocycles. The Morgan fingerprint density at radius 1 is 1.29 bits per heavy atom. The highest BCUT2D eigenvalue weighted by atomic mass is 16.7. The van der Waals surface area contributed by atoms with Crippen LogP contribution in [0.15, 0.2) is 6.07 Å². The summed E-state index contributed by atoms with van der Waals surface area (Å²) in [5.74, 6) is -0.566. The first-order chi connectivity index (χ1) is 11.6. The predicted octanol–water partition coefficient (Wildman–Crippen LogP) is 0.825. The summed E-state index contributed by atoms with van der Waals surface area (Å²) >= 11 is 0. The minimum atomic E-state index is -0.941. The zero-order valence-electron chi connectivity index (χ0n) is 13.7. The Bertz CT molecular complexity index is 673. The van der Waals surface area contributed by atoms with E-state index in [4.69, 9.17) is 23.7 Å². The molecule has 0 radical (unpaired) electrons. The highest BCUT2D eigenvalue weighted by Crippen LogP contribution is 2.52. The van der Waals surface area contributed by atoms with Gasteiger partial charge < -0.3 is 29.0 Å². The molecule has 0 unspecified atom stereocenters. The van der Waals surface area contributed by atoms with Gasteiger partial charge in [-0.1, -0.05) is 0 Å². The average Bonchev–Trinajstić information content (AvgIpc) is 3.20. The summed E-state index contributed by atoms with van der Waals surface area (Å²) in [6.07, 6.45) is 0. The van der Waals surface area contributed by atoms with E-state index in [9.17, 15) is 9.59 Å². The van der Waals surface area contributed by atoms with E-state index in [2.05, 4.69) is 5.32 Å². The van der Waals surface area contributed by atoms with Crippen molar-refractivity contribution in [3.63, 3.8) is 0 Å². The van der Waals surface area contributed by atoms with Crippen LogP contribution in [0.25, 0.3) is 0 Å². The quantitative estimate of drug-likeness (QED) is 0.628. The van der Waals surface area contributed by atoms with E-state index in [1.165, 1.54) is 14.2 Å². The topological polar surface area (TPSA) is 92.3 Å². The van der Waals surface area contributed by atoms with Gasteiger partial charge in [0.15, 0.2) is 11.5 Å². The van der Waals surface area contributed by atoms with Crippen LogP contribution in [0.5, 0.6) is 23.0 Å². The molecule has 1 aromatic carbocycles. The van der Waals surface area contributed by atoms with Crippen molar-refractivity contribution in [2.75, 3.05) is 34.2 Å². The number of rotatable bonds is 5. The second-order valence-corrected chi connectivity index (χ2v) is 5.35. The molecule has 1 saturated heterocycles. The van der Waals surface area contributed by atoms with Crippen molar-refractivity contribution < 1.29 is 33.3 Å². The van der Waals surface area contributed by atoms with E-state index in [0.29, 0.717) is 35.1 Å². The Balaban J connectivity index is 2.08. The van der Waals surface area contributed by atoms with Crippen LogP contribution in [0.4, 0.5) is 0 Å². The normalized spacial score (nSPS) is 21.4. The van der Waals surface area contributed by atoms with Crippen LogP contribution in [0, 0.1) is 5.92 Å². The van der Waals surface area contributed by atoms with Crippen molar-refractivity contribution in [2.45, 2.75) is 12.8 Å². The van der Waals surface area contributed by atoms with Gasteiger partial charge in [0.25, 0.3) is 0 Å². The van der Waals surface area contributed by atoms with Crippen LogP contribution in [0.2, 0.25) is 0 Å². The van der Waals surface area contributed by atoms with E-state index < -0.39 is 17.8 Å². The molecule has 1 aromatic rings. The molecular weight excluding hydrogens is 318 g/mol. The number of esters is 1. The van der Waals surface area contributed by atoms with Crippen LogP contribution in [0.1, 0.15) is 18.4 Å². The fraction of sp³-hybridized carbons (Fsp3) is 0.500. The maximum absolute atomic E-state index is 12.2. The third-order valence-corrected chi connectivity index (χ3v) is 4.14. The molecular formula is C16H19NO7. The minimum absolute atomic E-state index is 0.0503. The molecule has 2 atom stereocenters. The molecule has 1 fully saturated rings. The zero-order valence-corrected chi connectivity index (χ0v) is 13.7. The van der Waals surface area contributed by atoms with Crippen LogP contribution in [-0.2, 0) is 14.3 Å². The summed E-state index contributed by atoms with van der Waals surface area (Å²) in [6, 6.07) is 1.71. The lowest BCUT2D eigenvalue weighted by Crippen LogP contribution is -2.29. The molecule has 2 aliphatic rings. The Kier molecular flexibility index (Phi) is 4.37. The molecule has 0 aromatic heterocycles. The van der Waals surface area contributed by atoms with E-state index in [-0.39, 0.29) is 19.3 Å². The molecule has 3 rings (SSSR count). The summed E-state index contributed by atoms with van der Waals surface area (Å²) in [5, 5.41) is 2.71. The van der Waals surface area contributed by atoms with E-state index in [1.807, 2.05) is 0 Å². The number of hydrogen-bond acceptors (Lipinski definition) is 7. The molecule has 1 N–H and O–H groups in total. The Morgan fingerprint density at radius 2 is 2.04 bits per heavy atom. The number of amides is 1. The van der Waals surface area contributed by atoms with Crippen molar-refractivity contribution in [3.05, 3.63) is 11.6 Å². The molecule has 8 nitrogen and oxygen atoms in total. The second kappa shape index (κ2) is 6.46. The number of nitrogens with one attached hydrogen (secondary N) is 1. The number of benzene rings is 1. The fourth-order valence-corrected chi connectivity index (χ4v) is 3.09. The average molecular weight is 337 g/mol. The van der Waals surface area contributed by atoms with E-state index >= 15 is 0 Å². The molecule has 1 amide bonds. The second-order valence-electron chi connectivity index (χ2n) is 5.35. The van der Waals surface area contributed by atoms with Crippen molar-refractivity contribution in [2.24, 2.45) is 5.92 Å². The summed E-state index contributed by atoms with van der Waals surface area (Å²) in [7, 11) is 3.01. The standard InChI is InChI=1S/C16H19NO7/c1-4-22-16(19)11-9(6-17-15(11)18)8-5-10(20-2)13-14(12(8)21-3)24-7-23-13/h5,9,11H,4,6-7H2,1-3H3,(H,17,18)/t9-,11+/m1/s1. The van der Waals surface area contributed by atoms with Gasteiger partial charge >= 0.3 is 5.97 Å². The third-order valence-electron chi connectivity index (χ3n) is 4.14. The lowest BCUT2D eigenvalue weighted by Gasteiger charge is -2.20. The van der Waals surface area contributed by atoms with Gasteiger partial charge in [-0.05, 0) is 13.0 Å². The van der Waals surface area contributed by atoms with Gasteiger partial charge in [0.2, 0.25) is 24.2 Å². The van der Waals surface area contributed by atoms with E-state index in [0.717, 1.165) is 0 Å². The monoisotopic (exact) mass is 337 g/mol. The predicted molar refractivity (Wildman–Crippen MR) is 81.5 cm³/mol. The summed E-state index contributed by atoms with van der Waals surface area (Å²) in [6.45, 7) is 2.25. The first-order valence-corrected chi connectivity index (χ1v) is 7.61. The van der Waals surface area contributed by atoms with Gasteiger partial charge in [-0.25, -0.2) is 0 Å². The minimum Gasteiger partial charge on any atom is -0.493 e. The molecule has 8 heteroatoms. The van der Waals surface area contributed by atoms with E-state index in [1.54, 1.807) is 13.0 Å². The number of ether oxygens (including phenoxy) is 5. The third kappa shape index (κ3) is 2.47. The first-order valence-electron chi connectivity index (χ1n) is 7.61. The molecule has 130 valence electrons. The van der Waals surface area contributed by atoms with Gasteiger partial charge in [0, 0.05) is 18.0 Å². The van der Waals surface area contributed by atoms with Gasteiger partial charge in [0.1, 0.15) is 5.92 Å². The van der Waals surface area contributed by atoms with Crippen LogP contribution < -0.4 is 24.3 Å². The summed E-state index contributed by atoms with van der Waals surface area (Å²) in [4.78, 5) is 24.3. The number of carbonyl (C=O) groups is 2. The van der Waals surface area contributed by atoms with Crippen molar-refractivity contribution >= 4 is 11.9 Å². The molecule has 0 saturated carbocycles. The molecule has 2 aliphatic heterocycles. The Labute approximate surface area is 139 Å². The SMILES string of the molecule is CCOC(=O)[C@@H]1C(=O)NC[C@@H]1c1cc(OC)c2c(c1OC)OCO2. The van der Waals surface area contributed by atoms with Crippen molar-refractivity contribution in [1.82, 2.24) is 5.32 Å². The maximum atomic E-state index is 12.2. The van der Waals surface area contributed by atoms with Gasteiger partial charge in [-0.3, -0.25) is 9.59 Å². The van der Waals surface area contributed by atoms with Crippen molar-refractivity contribution in [1.29, 1.82) is 0 Å². The first kappa shape index (κ1) is 16.2. The number of methoxy groups -OCH3 is 2. The van der Waals surface area contributed by atoms with Crippen molar-refractivity contribution in [3.8, 4) is 23.0 Å². The maximum Gasteiger partial charge on any atom is 0.319 e. The zero-order chi connectivity index (χ0) is 17.3. The number of hydrogen-bond donors (Lipinski definition) is 1. The van der Waals surface area contributed by atoms with Crippen LogP contribution in [0.3, 0.4) is 0 Å². The van der Waals surface area contributed by atoms with Crippen LogP contribution >= 0.6 is 0 Å². The van der Waals surface area contributed by atoms with Gasteiger partial charge in [0.05, 0.1) is 20.8 Å². The smallest absolute Gasteiger partial charge is 0.319 e. The summed E-state index contributed by atoms with van der Waals surface area (Å²) < 4.78 is 26.8. The lowest BCUT2D eigenvalue weighted by molar-refractivity contribution is -0.151. The number of carbonyl (C=O) groups excluding carboxylic acids is 2. The fourth-order valence-electron chi connectivity index (χ4n) is 3.09. The van der Waals surface area contributed by atoms with Gasteiger partial charge in [-0.2, -0.15) is 0 Å². The van der Waals surface area contributed by atoms with Crippen LogP contribution in [-0.4, -0.2) is 46.0 Å². The Hall–Kier alpha value is -2.64. The Morgan fingerprint density at radius 3 is 2.71 bits per heavy atom. The molecule has 0 aliphatic carbocycles. The van der Waals surface area contributed by atoms with Gasteiger partial charge in [-0.15, -0.1) is 0 Å². The lowest BCUT2D eigenvalue weighted by atomic mass is 9.87. The molecule has 24 heavy (non-hydrogen) atoms. The molecule has 0 bridgehead atoms.